The maximum absolute atomic E-state index is 11.5. The van der Waals surface area contributed by atoms with E-state index in [-0.39, 0.29) is 17.1 Å². The van der Waals surface area contributed by atoms with Crippen molar-refractivity contribution in [1.82, 2.24) is 0 Å². The summed E-state index contributed by atoms with van der Waals surface area (Å²) in [6, 6.07) is 27.1. The van der Waals surface area contributed by atoms with E-state index in [0.29, 0.717) is 13.0 Å². The number of nitro benzene ring substituents is 3. The van der Waals surface area contributed by atoms with E-state index in [0.717, 1.165) is 38.7 Å². The van der Waals surface area contributed by atoms with E-state index in [4.69, 9.17) is 0 Å². The van der Waals surface area contributed by atoms with Crippen molar-refractivity contribution in [3.05, 3.63) is 144 Å². The zero-order valence-corrected chi connectivity index (χ0v) is 22.4. The van der Waals surface area contributed by atoms with Crippen LogP contribution in [0.1, 0.15) is 23.1 Å². The van der Waals surface area contributed by atoms with Gasteiger partial charge in [-0.05, 0) is 12.5 Å². The fraction of sp³-hybridized carbons (Fsp3) is 0.133. The van der Waals surface area contributed by atoms with Crippen LogP contribution in [0.4, 0.5) is 17.1 Å². The van der Waals surface area contributed by atoms with Crippen molar-refractivity contribution < 1.29 is 19.1 Å². The molecule has 1 aliphatic heterocycles. The molecule has 0 amide bonds. The van der Waals surface area contributed by atoms with Crippen LogP contribution in [0.3, 0.4) is 0 Å². The molecular weight excluding hydrogens is 525 g/mol. The topological polar surface area (TPSA) is 132 Å². The quantitative estimate of drug-likeness (QED) is 0.129. The van der Waals surface area contributed by atoms with Crippen LogP contribution in [0, 0.1) is 37.3 Å². The lowest BCUT2D eigenvalue weighted by molar-refractivity contribution is -0.385. The molecule has 0 fully saturated rings. The lowest BCUT2D eigenvalue weighted by Crippen LogP contribution is -2.68. The number of benzene rings is 4. The number of nitrogens with zero attached hydrogens (tertiary/aromatic N) is 3. The Morgan fingerprint density at radius 3 is 1.41 bits per heavy atom. The molecule has 0 unspecified atom stereocenters. The van der Waals surface area contributed by atoms with Crippen LogP contribution in [0.25, 0.3) is 11.0 Å². The van der Waals surface area contributed by atoms with E-state index in [1.54, 1.807) is 36.4 Å². The van der Waals surface area contributed by atoms with Gasteiger partial charge >= 0.3 is 6.35 Å². The van der Waals surface area contributed by atoms with Crippen LogP contribution in [0.2, 0.25) is 0 Å². The molecule has 1 aliphatic rings. The van der Waals surface area contributed by atoms with Crippen molar-refractivity contribution >= 4 is 45.4 Å². The summed E-state index contributed by atoms with van der Waals surface area (Å²) in [6.45, 7) is 2.55. The molecule has 0 atom stereocenters. The van der Waals surface area contributed by atoms with Crippen molar-refractivity contribution in [2.75, 3.05) is 13.7 Å². The predicted molar refractivity (Wildman–Crippen MR) is 159 cm³/mol. The number of rotatable bonds is 7. The standard InChI is InChI=1S/C30H26BN3O7/c1-21-3-5-22(6-4-21)29-19-20-41(2)31(24-9-15-27(16-10-24)33(37)38,25-11-17-28(18-12-25)34(39)40)30(29)23-7-13-26(14-8-23)32(35)36/h3-18H,19-20H2,1-2H3. The van der Waals surface area contributed by atoms with Crippen molar-refractivity contribution in [3.63, 3.8) is 0 Å². The van der Waals surface area contributed by atoms with Crippen LogP contribution < -0.4 is 10.9 Å². The van der Waals surface area contributed by atoms with E-state index in [2.05, 4.69) is 4.28 Å². The normalized spacial score (nSPS) is 15.0. The maximum Gasteiger partial charge on any atom is 0.377 e. The zero-order valence-electron chi connectivity index (χ0n) is 22.4. The van der Waals surface area contributed by atoms with Gasteiger partial charge in [-0.1, -0.05) is 77.4 Å². The van der Waals surface area contributed by atoms with Crippen LogP contribution in [0.15, 0.2) is 97.1 Å². The Hall–Kier alpha value is -5.16. The molecule has 5 rings (SSSR count). The highest BCUT2D eigenvalue weighted by Crippen LogP contribution is 2.43. The Morgan fingerprint density at radius 2 is 1.00 bits per heavy atom. The first-order chi connectivity index (χ1) is 19.6. The summed E-state index contributed by atoms with van der Waals surface area (Å²) in [5.41, 5.74) is 6.01. The molecule has 0 N–H and O–H groups in total. The molecule has 1 heterocycles. The highest BCUT2D eigenvalue weighted by molar-refractivity contribution is 7.12. The highest BCUT2D eigenvalue weighted by Gasteiger charge is 2.49. The SMILES string of the molecule is Cc1ccc(C2=C(c3ccc([N+](=O)[O-])cc3)[B-](c3ccc([N+](=O)[O-])cc3)(c3ccc([N+](=O)[O-])cc3)[O+](C)CC2)cc1. The van der Waals surface area contributed by atoms with Gasteiger partial charge in [0.15, 0.2) is 0 Å². The lowest BCUT2D eigenvalue weighted by Gasteiger charge is -2.52. The van der Waals surface area contributed by atoms with Gasteiger partial charge in [-0.3, -0.25) is 30.3 Å². The smallest absolute Gasteiger partial charge is 0.377 e. The average molecular weight is 551 g/mol. The Bertz CT molecular complexity index is 1610. The molecule has 0 radical (unpaired) electrons. The van der Waals surface area contributed by atoms with Gasteiger partial charge < -0.3 is 4.28 Å². The highest BCUT2D eigenvalue weighted by atomic mass is 16.6. The Morgan fingerprint density at radius 1 is 0.610 bits per heavy atom. The average Bonchev–Trinajstić information content (AvgIpc) is 2.98. The summed E-state index contributed by atoms with van der Waals surface area (Å²) in [7, 11) is 1.89. The minimum atomic E-state index is -2.11. The zero-order chi connectivity index (χ0) is 29.3. The Kier molecular flexibility index (Phi) is 7.21. The molecule has 0 aliphatic carbocycles. The molecule has 10 nitrogen and oxygen atoms in total. The molecule has 0 bridgehead atoms. The molecule has 0 saturated heterocycles. The number of nitro groups is 3. The van der Waals surface area contributed by atoms with E-state index >= 15 is 0 Å². The number of hydrogen-bond donors (Lipinski definition) is 0. The number of non-ortho nitro benzene ring substituents is 3. The van der Waals surface area contributed by atoms with Crippen molar-refractivity contribution in [2.45, 2.75) is 13.3 Å². The van der Waals surface area contributed by atoms with E-state index < -0.39 is 21.1 Å². The largest absolute Gasteiger partial charge is 0.662 e. The first-order valence-corrected chi connectivity index (χ1v) is 13.0. The summed E-state index contributed by atoms with van der Waals surface area (Å²) in [4.78, 5) is 33.1. The van der Waals surface area contributed by atoms with Gasteiger partial charge in [-0.2, -0.15) is 0 Å². The molecule has 11 heteroatoms. The van der Waals surface area contributed by atoms with Gasteiger partial charge in [0.05, 0.1) is 21.9 Å². The van der Waals surface area contributed by atoms with E-state index in [1.165, 1.54) is 36.4 Å². The monoisotopic (exact) mass is 551 g/mol. The van der Waals surface area contributed by atoms with Crippen LogP contribution in [-0.4, -0.2) is 34.8 Å². The second kappa shape index (κ2) is 10.8. The second-order valence-electron chi connectivity index (χ2n) is 10.2. The van der Waals surface area contributed by atoms with Gasteiger partial charge in [0.1, 0.15) is 6.61 Å². The summed E-state index contributed by atoms with van der Waals surface area (Å²) < 4.78 is 3.27. The minimum Gasteiger partial charge on any atom is -0.662 e. The van der Waals surface area contributed by atoms with Gasteiger partial charge in [0.25, 0.3) is 17.1 Å². The fourth-order valence-corrected chi connectivity index (χ4v) is 5.97. The molecular formula is C30H26BN3O7. The molecule has 4 aromatic carbocycles. The van der Waals surface area contributed by atoms with E-state index in [9.17, 15) is 30.3 Å². The van der Waals surface area contributed by atoms with E-state index in [1.807, 2.05) is 38.3 Å². The third-order valence-corrected chi connectivity index (χ3v) is 7.95. The first-order valence-electron chi connectivity index (χ1n) is 13.0. The minimum absolute atomic E-state index is 0.0492. The third-order valence-electron chi connectivity index (χ3n) is 7.95. The molecule has 41 heavy (non-hydrogen) atoms. The first kappa shape index (κ1) is 27.4. The Labute approximate surface area is 235 Å². The molecule has 0 spiro atoms. The molecule has 0 aromatic heterocycles. The Balaban J connectivity index is 1.90. The maximum atomic E-state index is 11.5. The number of hydrogen-bond acceptors (Lipinski definition) is 6. The summed E-state index contributed by atoms with van der Waals surface area (Å²) in [6.07, 6.45) is -1.47. The van der Waals surface area contributed by atoms with Crippen molar-refractivity contribution in [3.8, 4) is 0 Å². The van der Waals surface area contributed by atoms with Crippen molar-refractivity contribution in [1.29, 1.82) is 0 Å². The molecule has 4 aromatic rings. The summed E-state index contributed by atoms with van der Waals surface area (Å²) in [5, 5.41) is 34.5. The van der Waals surface area contributed by atoms with Gasteiger partial charge in [0.2, 0.25) is 0 Å². The summed E-state index contributed by atoms with van der Waals surface area (Å²) >= 11 is 0. The summed E-state index contributed by atoms with van der Waals surface area (Å²) in [5.74, 6) is 0. The van der Waals surface area contributed by atoms with Crippen LogP contribution >= 0.6 is 0 Å². The van der Waals surface area contributed by atoms with Gasteiger partial charge in [-0.15, -0.1) is 16.4 Å². The van der Waals surface area contributed by atoms with Gasteiger partial charge in [-0.25, -0.2) is 0 Å². The fourth-order valence-electron chi connectivity index (χ4n) is 5.97. The molecule has 0 saturated carbocycles. The van der Waals surface area contributed by atoms with Crippen LogP contribution in [0.5, 0.6) is 0 Å². The number of aryl methyl sites for hydroxylation is 1. The van der Waals surface area contributed by atoms with Crippen molar-refractivity contribution in [2.24, 2.45) is 0 Å². The third kappa shape index (κ3) is 4.87. The predicted octanol–water partition coefficient (Wildman–Crippen LogP) is 5.52. The second-order valence-corrected chi connectivity index (χ2v) is 10.2. The molecule has 206 valence electrons. The van der Waals surface area contributed by atoms with Crippen LogP contribution in [-0.2, 0) is 4.28 Å². The lowest BCUT2D eigenvalue weighted by atomic mass is 9.25. The van der Waals surface area contributed by atoms with Gasteiger partial charge in [0, 0.05) is 42.8 Å².